The average molecular weight is 253 g/mol. The predicted molar refractivity (Wildman–Crippen MR) is 79.0 cm³/mol. The molecule has 1 heterocycles. The van der Waals surface area contributed by atoms with Crippen molar-refractivity contribution in [2.45, 2.75) is 76.9 Å². The highest BCUT2D eigenvalue weighted by Crippen LogP contribution is 2.19. The molecule has 106 valence electrons. The van der Waals surface area contributed by atoms with Gasteiger partial charge in [-0.2, -0.15) is 0 Å². The Hall–Kier alpha value is -0.340. The number of rotatable bonds is 11. The van der Waals surface area contributed by atoms with Crippen molar-refractivity contribution in [3.8, 4) is 0 Å². The molecule has 0 aromatic rings. The molecule has 0 aliphatic carbocycles. The second kappa shape index (κ2) is 10.6. The molecular weight excluding hydrogens is 222 g/mol. The second-order valence-electron chi connectivity index (χ2n) is 5.45. The smallest absolute Gasteiger partial charge is 0.0590 e. The lowest BCUT2D eigenvalue weighted by Crippen LogP contribution is -2.33. The number of ether oxygens (including phenoxy) is 1. The highest BCUT2D eigenvalue weighted by molar-refractivity contribution is 4.75. The van der Waals surface area contributed by atoms with E-state index in [0.717, 1.165) is 13.2 Å². The molecule has 0 aromatic heterocycles. The Labute approximate surface area is 113 Å². The van der Waals surface area contributed by atoms with Crippen LogP contribution in [0.4, 0.5) is 0 Å². The Morgan fingerprint density at radius 1 is 1.39 bits per heavy atom. The minimum atomic E-state index is 0.521. The van der Waals surface area contributed by atoms with Gasteiger partial charge in [-0.1, -0.05) is 25.8 Å². The highest BCUT2D eigenvalue weighted by atomic mass is 16.5. The Morgan fingerprint density at radius 3 is 2.94 bits per heavy atom. The number of allylic oxidation sites excluding steroid dienone is 1. The van der Waals surface area contributed by atoms with Crippen LogP contribution in [0.15, 0.2) is 12.7 Å². The van der Waals surface area contributed by atoms with Gasteiger partial charge < -0.3 is 10.1 Å². The molecule has 2 nitrogen and oxygen atoms in total. The molecule has 1 aliphatic heterocycles. The highest BCUT2D eigenvalue weighted by Gasteiger charge is 2.20. The first-order chi connectivity index (χ1) is 8.86. The van der Waals surface area contributed by atoms with E-state index in [1.54, 1.807) is 0 Å². The van der Waals surface area contributed by atoms with Gasteiger partial charge in [0.2, 0.25) is 0 Å². The van der Waals surface area contributed by atoms with Gasteiger partial charge in [0, 0.05) is 12.6 Å². The minimum Gasteiger partial charge on any atom is -0.378 e. The normalized spacial score (nSPS) is 21.1. The van der Waals surface area contributed by atoms with Crippen molar-refractivity contribution in [1.82, 2.24) is 5.32 Å². The third-order valence-electron chi connectivity index (χ3n) is 3.72. The van der Waals surface area contributed by atoms with Crippen molar-refractivity contribution in [3.05, 3.63) is 12.7 Å². The standard InChI is InChI=1S/C16H31NO/c1-3-5-6-7-8-10-15(17-12-4-2)14-16-11-9-13-18-16/h3,15-17H,1,4-14H2,2H3. The first-order valence-corrected chi connectivity index (χ1v) is 7.82. The van der Waals surface area contributed by atoms with Crippen molar-refractivity contribution in [1.29, 1.82) is 0 Å². The quantitative estimate of drug-likeness (QED) is 0.443. The van der Waals surface area contributed by atoms with Crippen LogP contribution < -0.4 is 5.32 Å². The van der Waals surface area contributed by atoms with E-state index in [-0.39, 0.29) is 0 Å². The monoisotopic (exact) mass is 253 g/mol. The SMILES string of the molecule is C=CCCCCCC(CC1CCCO1)NCCC. The van der Waals surface area contributed by atoms with Crippen LogP contribution in [0, 0.1) is 0 Å². The number of nitrogens with one attached hydrogen (secondary N) is 1. The van der Waals surface area contributed by atoms with Crippen LogP contribution in [0.1, 0.15) is 64.7 Å². The van der Waals surface area contributed by atoms with E-state index in [1.165, 1.54) is 57.8 Å². The third kappa shape index (κ3) is 7.17. The van der Waals surface area contributed by atoms with Gasteiger partial charge in [-0.15, -0.1) is 6.58 Å². The van der Waals surface area contributed by atoms with E-state index in [2.05, 4.69) is 18.8 Å². The molecule has 2 heteroatoms. The summed E-state index contributed by atoms with van der Waals surface area (Å²) in [7, 11) is 0. The van der Waals surface area contributed by atoms with E-state index >= 15 is 0 Å². The number of unbranched alkanes of at least 4 members (excludes halogenated alkanes) is 3. The van der Waals surface area contributed by atoms with Gasteiger partial charge in [-0.3, -0.25) is 0 Å². The van der Waals surface area contributed by atoms with Crippen molar-refractivity contribution in [2.75, 3.05) is 13.2 Å². The number of hydrogen-bond donors (Lipinski definition) is 1. The third-order valence-corrected chi connectivity index (χ3v) is 3.72. The first kappa shape index (κ1) is 15.7. The minimum absolute atomic E-state index is 0.521. The topological polar surface area (TPSA) is 21.3 Å². The number of hydrogen-bond acceptors (Lipinski definition) is 2. The van der Waals surface area contributed by atoms with Crippen LogP contribution in [0.5, 0.6) is 0 Å². The van der Waals surface area contributed by atoms with Crippen molar-refractivity contribution < 1.29 is 4.74 Å². The molecule has 0 saturated carbocycles. The summed E-state index contributed by atoms with van der Waals surface area (Å²) < 4.78 is 5.76. The summed E-state index contributed by atoms with van der Waals surface area (Å²) in [5.41, 5.74) is 0. The lowest BCUT2D eigenvalue weighted by atomic mass is 10.00. The summed E-state index contributed by atoms with van der Waals surface area (Å²) in [6.07, 6.45) is 13.9. The van der Waals surface area contributed by atoms with Crippen LogP contribution in [-0.2, 0) is 4.74 Å². The summed E-state index contributed by atoms with van der Waals surface area (Å²) in [5.74, 6) is 0. The van der Waals surface area contributed by atoms with Gasteiger partial charge >= 0.3 is 0 Å². The maximum Gasteiger partial charge on any atom is 0.0590 e. The molecule has 1 aliphatic rings. The summed E-state index contributed by atoms with van der Waals surface area (Å²) in [6, 6.07) is 0.664. The van der Waals surface area contributed by atoms with Crippen molar-refractivity contribution >= 4 is 0 Å². The zero-order chi connectivity index (χ0) is 13.1. The summed E-state index contributed by atoms with van der Waals surface area (Å²) in [4.78, 5) is 0. The van der Waals surface area contributed by atoms with Crippen LogP contribution in [-0.4, -0.2) is 25.3 Å². The molecule has 1 N–H and O–H groups in total. The second-order valence-corrected chi connectivity index (χ2v) is 5.45. The average Bonchev–Trinajstić information content (AvgIpc) is 2.88. The van der Waals surface area contributed by atoms with Gasteiger partial charge in [0.25, 0.3) is 0 Å². The zero-order valence-corrected chi connectivity index (χ0v) is 12.1. The van der Waals surface area contributed by atoms with E-state index < -0.39 is 0 Å². The van der Waals surface area contributed by atoms with Gasteiger partial charge in [0.05, 0.1) is 6.10 Å². The molecule has 0 amide bonds. The van der Waals surface area contributed by atoms with E-state index in [9.17, 15) is 0 Å². The van der Waals surface area contributed by atoms with Gasteiger partial charge in [0.15, 0.2) is 0 Å². The predicted octanol–water partition coefficient (Wildman–Crippen LogP) is 4.06. The molecule has 1 saturated heterocycles. The fourth-order valence-corrected chi connectivity index (χ4v) is 2.66. The molecule has 2 atom stereocenters. The van der Waals surface area contributed by atoms with Gasteiger partial charge in [-0.05, 0) is 51.5 Å². The largest absolute Gasteiger partial charge is 0.378 e. The van der Waals surface area contributed by atoms with E-state index in [4.69, 9.17) is 4.74 Å². The van der Waals surface area contributed by atoms with E-state index in [1.807, 2.05) is 6.08 Å². The zero-order valence-electron chi connectivity index (χ0n) is 12.1. The maximum absolute atomic E-state index is 5.76. The molecule has 18 heavy (non-hydrogen) atoms. The van der Waals surface area contributed by atoms with Crippen LogP contribution in [0.3, 0.4) is 0 Å². The Morgan fingerprint density at radius 2 is 2.28 bits per heavy atom. The van der Waals surface area contributed by atoms with Crippen molar-refractivity contribution in [3.63, 3.8) is 0 Å². The van der Waals surface area contributed by atoms with Crippen LogP contribution in [0.2, 0.25) is 0 Å². The van der Waals surface area contributed by atoms with Crippen LogP contribution >= 0.6 is 0 Å². The molecule has 1 rings (SSSR count). The van der Waals surface area contributed by atoms with Crippen molar-refractivity contribution in [2.24, 2.45) is 0 Å². The molecule has 0 radical (unpaired) electrons. The lowest BCUT2D eigenvalue weighted by Gasteiger charge is -2.21. The molecule has 1 fully saturated rings. The maximum atomic E-state index is 5.76. The summed E-state index contributed by atoms with van der Waals surface area (Å²) in [5, 5.41) is 3.69. The Bertz CT molecular complexity index is 199. The Balaban J connectivity index is 2.14. The lowest BCUT2D eigenvalue weighted by molar-refractivity contribution is 0.0933. The summed E-state index contributed by atoms with van der Waals surface area (Å²) >= 11 is 0. The molecule has 2 unspecified atom stereocenters. The Kier molecular flexibility index (Phi) is 9.23. The van der Waals surface area contributed by atoms with E-state index in [0.29, 0.717) is 12.1 Å². The van der Waals surface area contributed by atoms with Gasteiger partial charge in [0.1, 0.15) is 0 Å². The molecule has 0 bridgehead atoms. The van der Waals surface area contributed by atoms with Gasteiger partial charge in [-0.25, -0.2) is 0 Å². The fraction of sp³-hybridized carbons (Fsp3) is 0.875. The molecular formula is C16H31NO. The van der Waals surface area contributed by atoms with Crippen LogP contribution in [0.25, 0.3) is 0 Å². The molecule has 0 spiro atoms. The molecule has 0 aromatic carbocycles. The first-order valence-electron chi connectivity index (χ1n) is 7.82. The summed E-state index contributed by atoms with van der Waals surface area (Å²) in [6.45, 7) is 8.13. The fourth-order valence-electron chi connectivity index (χ4n) is 2.66.